The van der Waals surface area contributed by atoms with Crippen molar-refractivity contribution in [2.45, 2.75) is 24.5 Å². The maximum atomic E-state index is 12.0. The van der Waals surface area contributed by atoms with E-state index in [0.29, 0.717) is 24.5 Å². The Bertz CT molecular complexity index is 476. The highest BCUT2D eigenvalue weighted by molar-refractivity contribution is 7.84. The second-order valence-electron chi connectivity index (χ2n) is 4.70. The molecule has 0 spiro atoms. The van der Waals surface area contributed by atoms with Gasteiger partial charge in [-0.3, -0.25) is 9.00 Å². The number of benzene rings is 1. The van der Waals surface area contributed by atoms with Crippen LogP contribution in [0, 0.1) is 0 Å². The van der Waals surface area contributed by atoms with E-state index >= 15 is 0 Å². The molecule has 4 nitrogen and oxygen atoms in total. The monoisotopic (exact) mass is 265 g/mol. The van der Waals surface area contributed by atoms with E-state index in [-0.39, 0.29) is 18.2 Å². The average molecular weight is 265 g/mol. The number of amides is 1. The van der Waals surface area contributed by atoms with Gasteiger partial charge in [-0.25, -0.2) is 0 Å². The third-order valence-electron chi connectivity index (χ3n) is 3.31. The van der Waals surface area contributed by atoms with Crippen LogP contribution in [0.2, 0.25) is 0 Å². The summed E-state index contributed by atoms with van der Waals surface area (Å²) in [6.45, 7) is 0.601. The third kappa shape index (κ3) is 2.33. The molecule has 1 amide bonds. The molecule has 2 heterocycles. The molecule has 3 rings (SSSR count). The first kappa shape index (κ1) is 11.9. The molecule has 0 N–H and O–H groups in total. The zero-order chi connectivity index (χ0) is 12.5. The summed E-state index contributed by atoms with van der Waals surface area (Å²) in [5.74, 6) is 1.21. The van der Waals surface area contributed by atoms with Crippen LogP contribution in [-0.4, -0.2) is 39.6 Å². The molecule has 0 aromatic heterocycles. The summed E-state index contributed by atoms with van der Waals surface area (Å²) in [5, 5.41) is 0. The van der Waals surface area contributed by atoms with Crippen LogP contribution in [0.4, 0.5) is 0 Å². The van der Waals surface area contributed by atoms with Gasteiger partial charge in [-0.15, -0.1) is 0 Å². The lowest BCUT2D eigenvalue weighted by Crippen LogP contribution is -2.48. The lowest BCUT2D eigenvalue weighted by atomic mass is 10.2. The van der Waals surface area contributed by atoms with Crippen LogP contribution in [0.3, 0.4) is 0 Å². The molecule has 2 aliphatic rings. The molecule has 0 saturated carbocycles. The van der Waals surface area contributed by atoms with Crippen molar-refractivity contribution in [3.05, 3.63) is 35.9 Å². The van der Waals surface area contributed by atoms with Crippen LogP contribution >= 0.6 is 0 Å². The van der Waals surface area contributed by atoms with Gasteiger partial charge in [-0.1, -0.05) is 30.3 Å². The standard InChI is InChI=1S/C13H15NO3S/c15-12-6-13-14(12)7-11(17-13)9-18(16)8-10-4-2-1-3-5-10/h1-5,11,13H,6-9H2/t11-,13?,18?/m1/s1. The van der Waals surface area contributed by atoms with Crippen LogP contribution < -0.4 is 0 Å². The molecular weight excluding hydrogens is 250 g/mol. The molecule has 3 atom stereocenters. The molecule has 2 fully saturated rings. The first-order valence-electron chi connectivity index (χ1n) is 6.06. The van der Waals surface area contributed by atoms with Gasteiger partial charge < -0.3 is 9.64 Å². The van der Waals surface area contributed by atoms with Crippen molar-refractivity contribution in [2.75, 3.05) is 12.3 Å². The van der Waals surface area contributed by atoms with E-state index in [4.69, 9.17) is 4.74 Å². The molecule has 1 aromatic rings. The van der Waals surface area contributed by atoms with Gasteiger partial charge in [0.05, 0.1) is 24.8 Å². The number of fused-ring (bicyclic) bond motifs is 1. The van der Waals surface area contributed by atoms with Gasteiger partial charge in [0.25, 0.3) is 0 Å². The molecule has 96 valence electrons. The highest BCUT2D eigenvalue weighted by Crippen LogP contribution is 2.28. The van der Waals surface area contributed by atoms with Crippen molar-refractivity contribution in [3.63, 3.8) is 0 Å². The highest BCUT2D eigenvalue weighted by atomic mass is 32.2. The zero-order valence-electron chi connectivity index (χ0n) is 9.95. The van der Waals surface area contributed by atoms with Gasteiger partial charge in [0.2, 0.25) is 5.91 Å². The summed E-state index contributed by atoms with van der Waals surface area (Å²) in [6.07, 6.45) is 0.379. The fourth-order valence-corrected chi connectivity index (χ4v) is 3.65. The maximum absolute atomic E-state index is 12.0. The molecule has 0 radical (unpaired) electrons. The van der Waals surface area contributed by atoms with Gasteiger partial charge in [-0.2, -0.15) is 0 Å². The Morgan fingerprint density at radius 3 is 2.78 bits per heavy atom. The minimum atomic E-state index is -0.937. The summed E-state index contributed by atoms with van der Waals surface area (Å²) < 4.78 is 17.7. The maximum Gasteiger partial charge on any atom is 0.229 e. The first-order valence-corrected chi connectivity index (χ1v) is 7.55. The molecule has 2 saturated heterocycles. The molecule has 0 aliphatic carbocycles. The van der Waals surface area contributed by atoms with E-state index in [2.05, 4.69) is 0 Å². The van der Waals surface area contributed by atoms with Crippen molar-refractivity contribution in [2.24, 2.45) is 0 Å². The number of ether oxygens (including phenoxy) is 1. The van der Waals surface area contributed by atoms with Crippen molar-refractivity contribution < 1.29 is 13.7 Å². The Kier molecular flexibility index (Phi) is 3.18. The topological polar surface area (TPSA) is 46.6 Å². The number of hydrogen-bond acceptors (Lipinski definition) is 3. The quantitative estimate of drug-likeness (QED) is 0.760. The Labute approximate surface area is 108 Å². The van der Waals surface area contributed by atoms with Crippen molar-refractivity contribution in [3.8, 4) is 0 Å². The Morgan fingerprint density at radius 1 is 1.33 bits per heavy atom. The fraction of sp³-hybridized carbons (Fsp3) is 0.462. The Balaban J connectivity index is 1.52. The van der Waals surface area contributed by atoms with Gasteiger partial charge in [0.15, 0.2) is 0 Å². The number of nitrogens with zero attached hydrogens (tertiary/aromatic N) is 1. The summed E-state index contributed by atoms with van der Waals surface area (Å²) in [7, 11) is -0.937. The zero-order valence-corrected chi connectivity index (χ0v) is 10.8. The molecule has 2 unspecified atom stereocenters. The summed E-state index contributed by atoms with van der Waals surface area (Å²) in [4.78, 5) is 12.9. The Hall–Kier alpha value is -1.20. The minimum absolute atomic E-state index is 0.0452. The molecule has 2 aliphatic heterocycles. The van der Waals surface area contributed by atoms with Gasteiger partial charge in [-0.05, 0) is 5.56 Å². The van der Waals surface area contributed by atoms with E-state index in [1.54, 1.807) is 4.90 Å². The van der Waals surface area contributed by atoms with E-state index in [0.717, 1.165) is 5.56 Å². The summed E-state index contributed by atoms with van der Waals surface area (Å²) in [6, 6.07) is 9.80. The number of carbonyl (C=O) groups excluding carboxylic acids is 1. The predicted octanol–water partition coefficient (Wildman–Crippen LogP) is 0.892. The number of β-lactam (4-membered cyclic amide) rings is 1. The lowest BCUT2D eigenvalue weighted by Gasteiger charge is -2.31. The van der Waals surface area contributed by atoms with Crippen molar-refractivity contribution >= 4 is 16.7 Å². The highest BCUT2D eigenvalue weighted by Gasteiger charge is 2.45. The molecule has 1 aromatic carbocycles. The second-order valence-corrected chi connectivity index (χ2v) is 6.20. The Morgan fingerprint density at radius 2 is 2.11 bits per heavy atom. The number of rotatable bonds is 4. The second kappa shape index (κ2) is 4.82. The summed E-state index contributed by atoms with van der Waals surface area (Å²) in [5.41, 5.74) is 1.08. The van der Waals surface area contributed by atoms with Crippen LogP contribution in [0.15, 0.2) is 30.3 Å². The van der Waals surface area contributed by atoms with Gasteiger partial charge in [0, 0.05) is 16.6 Å². The molecule has 5 heteroatoms. The molecular formula is C13H15NO3S. The number of hydrogen-bond donors (Lipinski definition) is 0. The molecule has 0 bridgehead atoms. The predicted molar refractivity (Wildman–Crippen MR) is 68.1 cm³/mol. The van der Waals surface area contributed by atoms with E-state index in [9.17, 15) is 9.00 Å². The van der Waals surface area contributed by atoms with Crippen LogP contribution in [0.5, 0.6) is 0 Å². The SMILES string of the molecule is O=C1CC2O[C@@H](CS(=O)Cc3ccccc3)CN12. The van der Waals surface area contributed by atoms with Crippen LogP contribution in [-0.2, 0) is 26.1 Å². The number of carbonyl (C=O) groups is 1. The average Bonchev–Trinajstić information content (AvgIpc) is 2.67. The first-order chi connectivity index (χ1) is 8.72. The fourth-order valence-electron chi connectivity index (χ4n) is 2.37. The van der Waals surface area contributed by atoms with Crippen LogP contribution in [0.25, 0.3) is 0 Å². The smallest absolute Gasteiger partial charge is 0.229 e. The van der Waals surface area contributed by atoms with Crippen LogP contribution in [0.1, 0.15) is 12.0 Å². The van der Waals surface area contributed by atoms with Crippen molar-refractivity contribution in [1.29, 1.82) is 0 Å². The van der Waals surface area contributed by atoms with E-state index < -0.39 is 10.8 Å². The van der Waals surface area contributed by atoms with E-state index in [1.165, 1.54) is 0 Å². The lowest BCUT2D eigenvalue weighted by molar-refractivity contribution is -0.156. The van der Waals surface area contributed by atoms with Gasteiger partial charge >= 0.3 is 0 Å². The molecule has 18 heavy (non-hydrogen) atoms. The largest absolute Gasteiger partial charge is 0.352 e. The third-order valence-corrected chi connectivity index (χ3v) is 4.71. The summed E-state index contributed by atoms with van der Waals surface area (Å²) >= 11 is 0. The van der Waals surface area contributed by atoms with E-state index in [1.807, 2.05) is 30.3 Å². The van der Waals surface area contributed by atoms with Gasteiger partial charge in [0.1, 0.15) is 6.23 Å². The normalized spacial score (nSPS) is 27.8. The van der Waals surface area contributed by atoms with Crippen molar-refractivity contribution in [1.82, 2.24) is 4.90 Å². The minimum Gasteiger partial charge on any atom is -0.352 e.